The lowest BCUT2D eigenvalue weighted by atomic mass is 10.1. The topological polar surface area (TPSA) is 73.6 Å². The van der Waals surface area contributed by atoms with Gasteiger partial charge in [-0.1, -0.05) is 50.2 Å². The van der Waals surface area contributed by atoms with Gasteiger partial charge in [-0.05, 0) is 42.0 Å². The van der Waals surface area contributed by atoms with E-state index in [1.807, 2.05) is 48.5 Å². The Kier molecular flexibility index (Phi) is 8.14. The number of carbonyl (C=O) groups is 1. The maximum atomic E-state index is 12.3. The van der Waals surface area contributed by atoms with Crippen LogP contribution < -0.4 is 20.5 Å². The van der Waals surface area contributed by atoms with Crippen molar-refractivity contribution < 1.29 is 14.3 Å². The van der Waals surface area contributed by atoms with E-state index >= 15 is 0 Å². The zero-order valence-electron chi connectivity index (χ0n) is 16.4. The molecular weight excluding hydrogens is 340 g/mol. The van der Waals surface area contributed by atoms with E-state index in [2.05, 4.69) is 19.2 Å². The molecule has 0 radical (unpaired) electrons. The molecule has 1 amide bonds. The molecule has 1 atom stereocenters. The molecule has 146 valence electrons. The number of nitrogens with one attached hydrogen (secondary N) is 1. The van der Waals surface area contributed by atoms with Crippen molar-refractivity contribution in [1.29, 1.82) is 0 Å². The van der Waals surface area contributed by atoms with Gasteiger partial charge in [0.25, 0.3) is 0 Å². The van der Waals surface area contributed by atoms with Gasteiger partial charge >= 0.3 is 0 Å². The number of hydrogen-bond donors (Lipinski definition) is 2. The number of hydrogen-bond acceptors (Lipinski definition) is 4. The van der Waals surface area contributed by atoms with Crippen LogP contribution in [0.4, 0.5) is 0 Å². The smallest absolute Gasteiger partial charge is 0.237 e. The zero-order chi connectivity index (χ0) is 19.6. The van der Waals surface area contributed by atoms with E-state index in [1.165, 1.54) is 0 Å². The molecule has 0 saturated carbocycles. The summed E-state index contributed by atoms with van der Waals surface area (Å²) in [6, 6.07) is 14.9. The second-order valence-electron chi connectivity index (χ2n) is 7.03. The van der Waals surface area contributed by atoms with Crippen LogP contribution in [0.25, 0.3) is 0 Å². The first-order valence-corrected chi connectivity index (χ1v) is 9.36. The quantitative estimate of drug-likeness (QED) is 0.673. The van der Waals surface area contributed by atoms with Crippen LogP contribution in [0, 0.1) is 5.92 Å². The SMILES string of the molecule is COc1cc(CNC(=O)C(N)Cc2ccccc2)ccc1OCCC(C)C. The van der Waals surface area contributed by atoms with E-state index in [1.54, 1.807) is 7.11 Å². The Balaban J connectivity index is 1.88. The molecule has 0 spiro atoms. The Labute approximate surface area is 161 Å². The highest BCUT2D eigenvalue weighted by Crippen LogP contribution is 2.28. The summed E-state index contributed by atoms with van der Waals surface area (Å²) in [6.45, 7) is 5.37. The molecule has 0 heterocycles. The van der Waals surface area contributed by atoms with E-state index in [4.69, 9.17) is 15.2 Å². The molecule has 0 fully saturated rings. The van der Waals surface area contributed by atoms with E-state index in [0.717, 1.165) is 17.5 Å². The molecular formula is C22H30N2O3. The van der Waals surface area contributed by atoms with Crippen LogP contribution in [-0.2, 0) is 17.8 Å². The Hall–Kier alpha value is -2.53. The third-order valence-corrected chi connectivity index (χ3v) is 4.28. The molecule has 2 rings (SSSR count). The first-order chi connectivity index (χ1) is 13.0. The summed E-state index contributed by atoms with van der Waals surface area (Å²) < 4.78 is 11.2. The average molecular weight is 370 g/mol. The van der Waals surface area contributed by atoms with E-state index < -0.39 is 6.04 Å². The van der Waals surface area contributed by atoms with Crippen molar-refractivity contribution in [3.8, 4) is 11.5 Å². The largest absolute Gasteiger partial charge is 0.493 e. The van der Waals surface area contributed by atoms with Crippen molar-refractivity contribution in [1.82, 2.24) is 5.32 Å². The first kappa shape index (κ1) is 20.8. The minimum atomic E-state index is -0.576. The fourth-order valence-corrected chi connectivity index (χ4v) is 2.63. The molecule has 0 aromatic heterocycles. The van der Waals surface area contributed by atoms with Gasteiger partial charge in [0.15, 0.2) is 11.5 Å². The highest BCUT2D eigenvalue weighted by molar-refractivity contribution is 5.81. The Morgan fingerprint density at radius 1 is 1.07 bits per heavy atom. The molecule has 0 saturated heterocycles. The maximum absolute atomic E-state index is 12.3. The second kappa shape index (κ2) is 10.6. The number of rotatable bonds is 10. The van der Waals surface area contributed by atoms with Crippen molar-refractivity contribution in [2.45, 2.75) is 39.3 Å². The Bertz CT molecular complexity index is 717. The van der Waals surface area contributed by atoms with Gasteiger partial charge < -0.3 is 20.5 Å². The number of carbonyl (C=O) groups excluding carboxylic acids is 1. The summed E-state index contributed by atoms with van der Waals surface area (Å²) in [7, 11) is 1.61. The molecule has 2 aromatic carbocycles. The van der Waals surface area contributed by atoms with E-state index in [0.29, 0.717) is 37.0 Å². The lowest BCUT2D eigenvalue weighted by molar-refractivity contribution is -0.122. The molecule has 0 aliphatic rings. The average Bonchev–Trinajstić information content (AvgIpc) is 2.67. The summed E-state index contributed by atoms with van der Waals surface area (Å²) in [6.07, 6.45) is 1.50. The molecule has 3 N–H and O–H groups in total. The lowest BCUT2D eigenvalue weighted by Gasteiger charge is -2.15. The van der Waals surface area contributed by atoms with Gasteiger partial charge in [-0.15, -0.1) is 0 Å². The number of amides is 1. The van der Waals surface area contributed by atoms with Crippen LogP contribution in [0.2, 0.25) is 0 Å². The second-order valence-corrected chi connectivity index (χ2v) is 7.03. The number of methoxy groups -OCH3 is 1. The van der Waals surface area contributed by atoms with Crippen molar-refractivity contribution in [3.63, 3.8) is 0 Å². The molecule has 1 unspecified atom stereocenters. The number of benzene rings is 2. The fraction of sp³-hybridized carbons (Fsp3) is 0.409. The van der Waals surface area contributed by atoms with Crippen molar-refractivity contribution in [2.75, 3.05) is 13.7 Å². The third-order valence-electron chi connectivity index (χ3n) is 4.28. The van der Waals surface area contributed by atoms with Crippen LogP contribution in [0.3, 0.4) is 0 Å². The summed E-state index contributed by atoms with van der Waals surface area (Å²) in [4.78, 5) is 12.3. The zero-order valence-corrected chi connectivity index (χ0v) is 16.4. The Morgan fingerprint density at radius 3 is 2.48 bits per heavy atom. The molecule has 5 heteroatoms. The molecule has 5 nitrogen and oxygen atoms in total. The standard InChI is InChI=1S/C22H30N2O3/c1-16(2)11-12-27-20-10-9-18(14-21(20)26-3)15-24-22(25)19(23)13-17-7-5-4-6-8-17/h4-10,14,16,19H,11-13,15,23H2,1-3H3,(H,24,25). The monoisotopic (exact) mass is 370 g/mol. The van der Waals surface area contributed by atoms with Crippen LogP contribution >= 0.6 is 0 Å². The highest BCUT2D eigenvalue weighted by Gasteiger charge is 2.14. The summed E-state index contributed by atoms with van der Waals surface area (Å²) in [5, 5.41) is 2.89. The first-order valence-electron chi connectivity index (χ1n) is 9.36. The van der Waals surface area contributed by atoms with Crippen molar-refractivity contribution in [2.24, 2.45) is 11.7 Å². The molecule has 0 aliphatic carbocycles. The van der Waals surface area contributed by atoms with Crippen molar-refractivity contribution in [3.05, 3.63) is 59.7 Å². The summed E-state index contributed by atoms with van der Waals surface area (Å²) in [5.41, 5.74) is 8.00. The van der Waals surface area contributed by atoms with Crippen LogP contribution in [0.5, 0.6) is 11.5 Å². The van der Waals surface area contributed by atoms with Crippen LogP contribution in [0.1, 0.15) is 31.4 Å². The van der Waals surface area contributed by atoms with Gasteiger partial charge in [0.1, 0.15) is 0 Å². The highest BCUT2D eigenvalue weighted by atomic mass is 16.5. The number of ether oxygens (including phenoxy) is 2. The minimum absolute atomic E-state index is 0.171. The lowest BCUT2D eigenvalue weighted by Crippen LogP contribution is -2.41. The van der Waals surface area contributed by atoms with Gasteiger partial charge in [0, 0.05) is 6.54 Å². The molecule has 0 bridgehead atoms. The van der Waals surface area contributed by atoms with Crippen LogP contribution in [0.15, 0.2) is 48.5 Å². The van der Waals surface area contributed by atoms with Gasteiger partial charge in [-0.2, -0.15) is 0 Å². The number of nitrogens with two attached hydrogens (primary N) is 1. The van der Waals surface area contributed by atoms with Gasteiger partial charge in [0.2, 0.25) is 5.91 Å². The van der Waals surface area contributed by atoms with Gasteiger partial charge in [-0.25, -0.2) is 0 Å². The van der Waals surface area contributed by atoms with Crippen molar-refractivity contribution >= 4 is 5.91 Å². The van der Waals surface area contributed by atoms with Gasteiger partial charge in [-0.3, -0.25) is 4.79 Å². The van der Waals surface area contributed by atoms with E-state index in [-0.39, 0.29) is 5.91 Å². The van der Waals surface area contributed by atoms with E-state index in [9.17, 15) is 4.79 Å². The predicted molar refractivity (Wildman–Crippen MR) is 108 cm³/mol. The van der Waals surface area contributed by atoms with Crippen LogP contribution in [-0.4, -0.2) is 25.7 Å². The summed E-state index contributed by atoms with van der Waals surface area (Å²) >= 11 is 0. The fourth-order valence-electron chi connectivity index (χ4n) is 2.63. The summed E-state index contributed by atoms with van der Waals surface area (Å²) in [5.74, 6) is 1.80. The molecule has 27 heavy (non-hydrogen) atoms. The Morgan fingerprint density at radius 2 is 1.81 bits per heavy atom. The maximum Gasteiger partial charge on any atom is 0.237 e. The predicted octanol–water partition coefficient (Wildman–Crippen LogP) is 3.31. The third kappa shape index (κ3) is 6.94. The molecule has 0 aliphatic heterocycles. The minimum Gasteiger partial charge on any atom is -0.493 e. The normalized spacial score (nSPS) is 11.9. The molecule has 2 aromatic rings. The van der Waals surface area contributed by atoms with Gasteiger partial charge in [0.05, 0.1) is 19.8 Å².